The number of methoxy groups -OCH3 is 1. The third-order valence-electron chi connectivity index (χ3n) is 4.62. The van der Waals surface area contributed by atoms with Gasteiger partial charge in [-0.05, 0) is 41.0 Å². The minimum absolute atomic E-state index is 0.499. The van der Waals surface area contributed by atoms with Gasteiger partial charge in [0.05, 0.1) is 17.3 Å². The maximum absolute atomic E-state index is 5.63. The zero-order chi connectivity index (χ0) is 21.2. The largest absolute Gasteiger partial charge is 0.495 e. The number of anilines is 2. The second kappa shape index (κ2) is 11.6. The van der Waals surface area contributed by atoms with Gasteiger partial charge in [0, 0.05) is 45.1 Å². The molecule has 0 unspecified atom stereocenters. The maximum Gasteiger partial charge on any atom is 0.229 e. The Bertz CT molecular complexity index is 768. The van der Waals surface area contributed by atoms with Crippen molar-refractivity contribution in [1.82, 2.24) is 19.8 Å². The zero-order valence-corrected chi connectivity index (χ0v) is 19.1. The van der Waals surface area contributed by atoms with E-state index in [-0.39, 0.29) is 0 Å². The van der Waals surface area contributed by atoms with Gasteiger partial charge in [-0.15, -0.1) is 0 Å². The highest BCUT2D eigenvalue weighted by atomic mass is 79.9. The minimum Gasteiger partial charge on any atom is -0.495 e. The van der Waals surface area contributed by atoms with Crippen LogP contribution in [0.3, 0.4) is 0 Å². The van der Waals surface area contributed by atoms with Gasteiger partial charge in [0.2, 0.25) is 5.95 Å². The van der Waals surface area contributed by atoms with Crippen molar-refractivity contribution in [3.8, 4) is 0 Å². The van der Waals surface area contributed by atoms with Gasteiger partial charge in [-0.3, -0.25) is 0 Å². The van der Waals surface area contributed by atoms with E-state index in [1.165, 1.54) is 0 Å². The molecule has 1 fully saturated rings. The van der Waals surface area contributed by atoms with E-state index in [2.05, 4.69) is 79.7 Å². The highest BCUT2D eigenvalue weighted by molar-refractivity contribution is 9.10. The van der Waals surface area contributed by atoms with E-state index in [1.807, 2.05) is 6.08 Å². The number of likely N-dealkylation sites (N-methyl/N-ethyl adjacent to an activating group) is 1. The van der Waals surface area contributed by atoms with Crippen molar-refractivity contribution in [2.75, 3.05) is 57.5 Å². The Morgan fingerprint density at radius 2 is 2.07 bits per heavy atom. The van der Waals surface area contributed by atoms with Crippen LogP contribution < -0.4 is 10.6 Å². The molecule has 1 aliphatic heterocycles. The van der Waals surface area contributed by atoms with Crippen molar-refractivity contribution < 1.29 is 4.74 Å². The fraction of sp³-hybridized carbons (Fsp3) is 0.429. The molecule has 2 N–H and O–H groups in total. The molecule has 0 radical (unpaired) electrons. The average Bonchev–Trinajstić information content (AvgIpc) is 2.74. The third kappa shape index (κ3) is 7.21. The van der Waals surface area contributed by atoms with Gasteiger partial charge in [-0.1, -0.05) is 26.2 Å². The number of halogens is 1. The first-order valence-corrected chi connectivity index (χ1v) is 10.5. The van der Waals surface area contributed by atoms with Crippen LogP contribution in [0.15, 0.2) is 59.2 Å². The van der Waals surface area contributed by atoms with Crippen LogP contribution in [0.2, 0.25) is 0 Å². The molecule has 0 saturated carbocycles. The summed E-state index contributed by atoms with van der Waals surface area (Å²) in [4.78, 5) is 13.6. The molecule has 1 aliphatic rings. The standard InChI is InChI=1S/C21H31BrN6O/c1-6-16(3)14-23-20-17(22)15-24-21(26-20)25-18(7-2)19(29-5)8-9-28-12-10-27(4)11-13-28/h6,8-9,15H,1,3,7,10-14H2,2,4-5H3,(H2,23,24,25,26)/b9-8+,19-18-. The molecule has 0 aliphatic carbocycles. The Hall–Kier alpha value is -2.32. The number of ether oxygens (including phenoxy) is 1. The molecule has 0 atom stereocenters. The van der Waals surface area contributed by atoms with E-state index in [1.54, 1.807) is 19.4 Å². The molecule has 2 rings (SSSR count). The Morgan fingerprint density at radius 3 is 2.69 bits per heavy atom. The molecule has 8 heteroatoms. The second-order valence-corrected chi connectivity index (χ2v) is 7.64. The van der Waals surface area contributed by atoms with Gasteiger partial charge in [-0.25, -0.2) is 4.98 Å². The fourth-order valence-electron chi connectivity index (χ4n) is 2.72. The molecule has 29 heavy (non-hydrogen) atoms. The fourth-order valence-corrected chi connectivity index (χ4v) is 3.05. The smallest absolute Gasteiger partial charge is 0.229 e. The molecule has 2 heterocycles. The number of rotatable bonds is 10. The Morgan fingerprint density at radius 1 is 1.34 bits per heavy atom. The van der Waals surface area contributed by atoms with Crippen molar-refractivity contribution in [2.45, 2.75) is 13.3 Å². The minimum atomic E-state index is 0.499. The summed E-state index contributed by atoms with van der Waals surface area (Å²) >= 11 is 3.47. The van der Waals surface area contributed by atoms with E-state index in [0.717, 1.165) is 54.1 Å². The summed E-state index contributed by atoms with van der Waals surface area (Å²) in [5.74, 6) is 1.96. The van der Waals surface area contributed by atoms with Crippen LogP contribution in [0.25, 0.3) is 0 Å². The van der Waals surface area contributed by atoms with Crippen LogP contribution in [-0.4, -0.2) is 66.6 Å². The van der Waals surface area contributed by atoms with Crippen molar-refractivity contribution in [1.29, 1.82) is 0 Å². The Labute approximate surface area is 182 Å². The number of allylic oxidation sites excluding steroid dienone is 2. The summed E-state index contributed by atoms with van der Waals surface area (Å²) < 4.78 is 6.41. The second-order valence-electron chi connectivity index (χ2n) is 6.79. The van der Waals surface area contributed by atoms with Crippen LogP contribution >= 0.6 is 15.9 Å². The van der Waals surface area contributed by atoms with Gasteiger partial charge >= 0.3 is 0 Å². The van der Waals surface area contributed by atoms with E-state index in [0.29, 0.717) is 18.3 Å². The first kappa shape index (κ1) is 23.0. The first-order valence-electron chi connectivity index (χ1n) is 9.68. The predicted molar refractivity (Wildman–Crippen MR) is 124 cm³/mol. The molecule has 7 nitrogen and oxygen atoms in total. The molecule has 0 aromatic carbocycles. The van der Waals surface area contributed by atoms with Crippen LogP contribution in [0.5, 0.6) is 0 Å². The van der Waals surface area contributed by atoms with Gasteiger partial charge in [-0.2, -0.15) is 4.98 Å². The lowest BCUT2D eigenvalue weighted by molar-refractivity contribution is 0.197. The van der Waals surface area contributed by atoms with Crippen molar-refractivity contribution in [3.63, 3.8) is 0 Å². The van der Waals surface area contributed by atoms with Crippen molar-refractivity contribution >= 4 is 27.7 Å². The van der Waals surface area contributed by atoms with Gasteiger partial charge < -0.3 is 25.2 Å². The molecule has 0 bridgehead atoms. The van der Waals surface area contributed by atoms with Crippen LogP contribution in [0.4, 0.5) is 11.8 Å². The lowest BCUT2D eigenvalue weighted by Gasteiger charge is -2.31. The van der Waals surface area contributed by atoms with Gasteiger partial charge in [0.25, 0.3) is 0 Å². The number of nitrogens with one attached hydrogen (secondary N) is 2. The molecule has 0 spiro atoms. The molecule has 0 amide bonds. The average molecular weight is 463 g/mol. The summed E-state index contributed by atoms with van der Waals surface area (Å²) in [6, 6.07) is 0. The lowest BCUT2D eigenvalue weighted by Crippen LogP contribution is -2.41. The molecular formula is C21H31BrN6O. The summed E-state index contributed by atoms with van der Waals surface area (Å²) in [7, 11) is 3.83. The number of hydrogen-bond acceptors (Lipinski definition) is 7. The topological polar surface area (TPSA) is 65.6 Å². The molecule has 1 aromatic rings. The highest BCUT2D eigenvalue weighted by Gasteiger charge is 2.12. The zero-order valence-electron chi connectivity index (χ0n) is 17.5. The quantitative estimate of drug-likeness (QED) is 0.404. The SMILES string of the molecule is C=CC(=C)CNc1nc(N/C(CC)=C(/C=C/N2CCN(C)CC2)OC)ncc1Br. The molecule has 1 aromatic heterocycles. The number of aromatic nitrogens is 2. The number of piperazine rings is 1. The van der Waals surface area contributed by atoms with E-state index in [9.17, 15) is 0 Å². The summed E-state index contributed by atoms with van der Waals surface area (Å²) in [6.45, 7) is 14.4. The van der Waals surface area contributed by atoms with Crippen LogP contribution in [0.1, 0.15) is 13.3 Å². The molecule has 1 saturated heterocycles. The predicted octanol–water partition coefficient (Wildman–Crippen LogP) is 3.83. The maximum atomic E-state index is 5.63. The van der Waals surface area contributed by atoms with Gasteiger partial charge in [0.15, 0.2) is 0 Å². The first-order chi connectivity index (χ1) is 14.0. The van der Waals surface area contributed by atoms with E-state index < -0.39 is 0 Å². The van der Waals surface area contributed by atoms with Gasteiger partial charge in [0.1, 0.15) is 11.6 Å². The van der Waals surface area contributed by atoms with Crippen molar-refractivity contribution in [3.05, 3.63) is 59.2 Å². The summed E-state index contributed by atoms with van der Waals surface area (Å²) in [5, 5.41) is 6.52. The normalized spacial score (nSPS) is 15.8. The molecular weight excluding hydrogens is 432 g/mol. The third-order valence-corrected chi connectivity index (χ3v) is 5.20. The number of nitrogens with zero attached hydrogens (tertiary/aromatic N) is 4. The highest BCUT2D eigenvalue weighted by Crippen LogP contribution is 2.22. The van der Waals surface area contributed by atoms with E-state index >= 15 is 0 Å². The number of hydrogen-bond donors (Lipinski definition) is 2. The molecule has 158 valence electrons. The van der Waals surface area contributed by atoms with Crippen LogP contribution in [-0.2, 0) is 4.74 Å². The lowest BCUT2D eigenvalue weighted by atomic mass is 10.2. The monoisotopic (exact) mass is 462 g/mol. The summed E-state index contributed by atoms with van der Waals surface area (Å²) in [6.07, 6.45) is 8.29. The van der Waals surface area contributed by atoms with Crippen LogP contribution in [0, 0.1) is 0 Å². The Kier molecular flexibility index (Phi) is 9.21. The van der Waals surface area contributed by atoms with E-state index in [4.69, 9.17) is 4.74 Å². The van der Waals surface area contributed by atoms with Crippen molar-refractivity contribution in [2.24, 2.45) is 0 Å². The summed E-state index contributed by atoms with van der Waals surface area (Å²) in [5.41, 5.74) is 1.80. The Balaban J connectivity index is 2.13.